The summed E-state index contributed by atoms with van der Waals surface area (Å²) in [5, 5.41) is 2.50. The maximum atomic E-state index is 12.2. The molecule has 1 aliphatic carbocycles. The van der Waals surface area contributed by atoms with Crippen LogP contribution in [0.4, 0.5) is 0 Å². The Balaban J connectivity index is 1.99. The number of halogens is 1. The van der Waals surface area contributed by atoms with Gasteiger partial charge in [0.15, 0.2) is 0 Å². The number of amides is 1. The van der Waals surface area contributed by atoms with Crippen LogP contribution >= 0.6 is 11.6 Å². The first kappa shape index (κ1) is 14.4. The third kappa shape index (κ3) is 3.73. The van der Waals surface area contributed by atoms with Crippen LogP contribution in [0.2, 0.25) is 0 Å². The van der Waals surface area contributed by atoms with Gasteiger partial charge in [0.05, 0.1) is 0 Å². The summed E-state index contributed by atoms with van der Waals surface area (Å²) in [5.74, 6) is -0.0585. The molecule has 1 fully saturated rings. The minimum absolute atomic E-state index is 0.0585. The molecule has 0 bridgehead atoms. The van der Waals surface area contributed by atoms with E-state index < -0.39 is 5.38 Å². The lowest BCUT2D eigenvalue weighted by molar-refractivity contribution is -0.121. The van der Waals surface area contributed by atoms with Gasteiger partial charge in [0.2, 0.25) is 5.91 Å². The predicted octanol–water partition coefficient (Wildman–Crippen LogP) is 4.03. The molecule has 1 atom stereocenters. The highest BCUT2D eigenvalue weighted by Crippen LogP contribution is 2.24. The van der Waals surface area contributed by atoms with E-state index in [0.717, 1.165) is 18.4 Å². The van der Waals surface area contributed by atoms with Crippen LogP contribution in [0.5, 0.6) is 0 Å². The smallest absolute Gasteiger partial charge is 0.242 e. The molecule has 1 N–H and O–H groups in total. The van der Waals surface area contributed by atoms with E-state index in [0.29, 0.717) is 6.04 Å². The summed E-state index contributed by atoms with van der Waals surface area (Å²) in [6.07, 6.45) is 5.88. The van der Waals surface area contributed by atoms with Crippen molar-refractivity contribution in [3.8, 4) is 0 Å². The van der Waals surface area contributed by atoms with Crippen LogP contribution in [0.25, 0.3) is 0 Å². The zero-order valence-electron chi connectivity index (χ0n) is 11.7. The third-order valence-corrected chi connectivity index (χ3v) is 4.46. The van der Waals surface area contributed by atoms with E-state index in [1.165, 1.54) is 30.4 Å². The van der Waals surface area contributed by atoms with E-state index in [9.17, 15) is 4.79 Å². The van der Waals surface area contributed by atoms with Crippen LogP contribution in [-0.4, -0.2) is 11.9 Å². The average Bonchev–Trinajstić information content (AvgIpc) is 2.42. The summed E-state index contributed by atoms with van der Waals surface area (Å²) in [6, 6.07) is 6.29. The van der Waals surface area contributed by atoms with Crippen LogP contribution in [0.15, 0.2) is 18.2 Å². The monoisotopic (exact) mass is 279 g/mol. The molecule has 19 heavy (non-hydrogen) atoms. The number of carbonyl (C=O) groups is 1. The first-order valence-electron chi connectivity index (χ1n) is 7.09. The van der Waals surface area contributed by atoms with Gasteiger partial charge in [-0.3, -0.25) is 4.79 Å². The zero-order chi connectivity index (χ0) is 13.8. The van der Waals surface area contributed by atoms with E-state index in [4.69, 9.17) is 11.6 Å². The van der Waals surface area contributed by atoms with Gasteiger partial charge in [-0.2, -0.15) is 0 Å². The fourth-order valence-electron chi connectivity index (χ4n) is 2.59. The molecule has 1 aliphatic rings. The van der Waals surface area contributed by atoms with Crippen molar-refractivity contribution in [2.24, 2.45) is 0 Å². The number of hydrogen-bond donors (Lipinski definition) is 1. The van der Waals surface area contributed by atoms with Gasteiger partial charge >= 0.3 is 0 Å². The van der Waals surface area contributed by atoms with Crippen molar-refractivity contribution < 1.29 is 4.79 Å². The van der Waals surface area contributed by atoms with Gasteiger partial charge in [-0.05, 0) is 43.4 Å². The maximum absolute atomic E-state index is 12.2. The lowest BCUT2D eigenvalue weighted by Crippen LogP contribution is -2.38. The van der Waals surface area contributed by atoms with Crippen molar-refractivity contribution in [1.29, 1.82) is 0 Å². The molecule has 1 aromatic carbocycles. The molecule has 0 spiro atoms. The quantitative estimate of drug-likeness (QED) is 0.832. The highest BCUT2D eigenvalue weighted by molar-refractivity contribution is 6.30. The topological polar surface area (TPSA) is 29.1 Å². The van der Waals surface area contributed by atoms with Crippen molar-refractivity contribution in [1.82, 2.24) is 5.32 Å². The Morgan fingerprint density at radius 2 is 1.89 bits per heavy atom. The summed E-state index contributed by atoms with van der Waals surface area (Å²) in [5.41, 5.74) is 3.28. The van der Waals surface area contributed by atoms with Crippen molar-refractivity contribution in [3.63, 3.8) is 0 Å². The molecule has 2 rings (SSSR count). The maximum Gasteiger partial charge on any atom is 0.242 e. The van der Waals surface area contributed by atoms with Gasteiger partial charge < -0.3 is 5.32 Å². The molecule has 2 nitrogen and oxygen atoms in total. The highest BCUT2D eigenvalue weighted by atomic mass is 35.5. The summed E-state index contributed by atoms with van der Waals surface area (Å²) < 4.78 is 0. The zero-order valence-corrected chi connectivity index (χ0v) is 12.5. The Hall–Kier alpha value is -1.02. The number of benzene rings is 1. The number of hydrogen-bond acceptors (Lipinski definition) is 1. The molecule has 3 heteroatoms. The molecule has 1 saturated carbocycles. The Bertz CT molecular complexity index is 452. The second-order valence-corrected chi connectivity index (χ2v) is 5.99. The molecule has 1 unspecified atom stereocenters. The lowest BCUT2D eigenvalue weighted by Gasteiger charge is -2.24. The molecule has 104 valence electrons. The Kier molecular flexibility index (Phi) is 4.87. The summed E-state index contributed by atoms with van der Waals surface area (Å²) in [7, 11) is 0. The minimum atomic E-state index is -0.582. The van der Waals surface area contributed by atoms with Gasteiger partial charge in [0.1, 0.15) is 5.38 Å². The molecular formula is C16H22ClNO. The first-order valence-corrected chi connectivity index (χ1v) is 7.53. The number of carbonyl (C=O) groups excluding carboxylic acids is 1. The molecule has 1 aromatic rings. The van der Waals surface area contributed by atoms with Crippen LogP contribution in [0.1, 0.15) is 54.2 Å². The Labute approximate surface area is 120 Å². The molecule has 0 heterocycles. The molecular weight excluding hydrogens is 258 g/mol. The molecule has 0 aromatic heterocycles. The van der Waals surface area contributed by atoms with Gasteiger partial charge in [-0.25, -0.2) is 0 Å². The van der Waals surface area contributed by atoms with Crippen molar-refractivity contribution in [3.05, 3.63) is 34.9 Å². The normalized spacial score (nSPS) is 18.1. The predicted molar refractivity (Wildman–Crippen MR) is 79.5 cm³/mol. The van der Waals surface area contributed by atoms with Gasteiger partial charge in [-0.15, -0.1) is 11.6 Å². The fourth-order valence-corrected chi connectivity index (χ4v) is 2.79. The largest absolute Gasteiger partial charge is 0.352 e. The van der Waals surface area contributed by atoms with Crippen LogP contribution in [0.3, 0.4) is 0 Å². The van der Waals surface area contributed by atoms with E-state index in [-0.39, 0.29) is 5.91 Å². The average molecular weight is 280 g/mol. The van der Waals surface area contributed by atoms with Gasteiger partial charge in [0, 0.05) is 6.04 Å². The van der Waals surface area contributed by atoms with Crippen LogP contribution in [-0.2, 0) is 4.79 Å². The van der Waals surface area contributed by atoms with E-state index in [1.807, 2.05) is 25.1 Å². The second-order valence-electron chi connectivity index (χ2n) is 5.55. The molecule has 0 radical (unpaired) electrons. The fraction of sp³-hybridized carbons (Fsp3) is 0.562. The van der Waals surface area contributed by atoms with E-state index in [2.05, 4.69) is 12.2 Å². The Morgan fingerprint density at radius 3 is 2.53 bits per heavy atom. The second kappa shape index (κ2) is 6.42. The van der Waals surface area contributed by atoms with Crippen LogP contribution in [0, 0.1) is 13.8 Å². The molecule has 0 saturated heterocycles. The van der Waals surface area contributed by atoms with Gasteiger partial charge in [-0.1, -0.05) is 37.5 Å². The van der Waals surface area contributed by atoms with Crippen molar-refractivity contribution in [2.45, 2.75) is 57.4 Å². The molecule has 0 aliphatic heterocycles. The number of rotatable bonds is 3. The SMILES string of the molecule is Cc1ccc(C(Cl)C(=O)NC2CCCCC2)cc1C. The number of nitrogens with one attached hydrogen (secondary N) is 1. The standard InChI is InChI=1S/C16H22ClNO/c1-11-8-9-13(10-12(11)2)15(17)16(19)18-14-6-4-3-5-7-14/h8-10,14-15H,3-7H2,1-2H3,(H,18,19). The summed E-state index contributed by atoms with van der Waals surface area (Å²) >= 11 is 6.29. The van der Waals surface area contributed by atoms with E-state index >= 15 is 0 Å². The minimum Gasteiger partial charge on any atom is -0.352 e. The van der Waals surface area contributed by atoms with Gasteiger partial charge in [0.25, 0.3) is 0 Å². The molecule has 1 amide bonds. The third-order valence-electron chi connectivity index (χ3n) is 4.01. The van der Waals surface area contributed by atoms with Crippen LogP contribution < -0.4 is 5.32 Å². The van der Waals surface area contributed by atoms with Crippen molar-refractivity contribution in [2.75, 3.05) is 0 Å². The lowest BCUT2D eigenvalue weighted by atomic mass is 9.95. The van der Waals surface area contributed by atoms with Crippen molar-refractivity contribution >= 4 is 17.5 Å². The van der Waals surface area contributed by atoms with E-state index in [1.54, 1.807) is 0 Å². The highest BCUT2D eigenvalue weighted by Gasteiger charge is 2.22. The Morgan fingerprint density at radius 1 is 1.21 bits per heavy atom. The number of aryl methyl sites for hydroxylation is 2. The summed E-state index contributed by atoms with van der Waals surface area (Å²) in [6.45, 7) is 4.10. The summed E-state index contributed by atoms with van der Waals surface area (Å²) in [4.78, 5) is 12.2. The number of alkyl halides is 1. The first-order chi connectivity index (χ1) is 9.08.